The van der Waals surface area contributed by atoms with Crippen molar-refractivity contribution in [3.8, 4) is 0 Å². The minimum atomic E-state index is 0.134. The van der Waals surface area contributed by atoms with E-state index in [0.717, 1.165) is 31.8 Å². The quantitative estimate of drug-likeness (QED) is 0.840. The van der Waals surface area contributed by atoms with Crippen LogP contribution in [0.4, 0.5) is 0 Å². The molecule has 0 aromatic rings. The monoisotopic (exact) mass is 282 g/mol. The third-order valence-electron chi connectivity index (χ3n) is 5.00. The van der Waals surface area contributed by atoms with E-state index >= 15 is 0 Å². The predicted octanol–water partition coefficient (Wildman–Crippen LogP) is 2.18. The summed E-state index contributed by atoms with van der Waals surface area (Å²) in [5.41, 5.74) is 0. The highest BCUT2D eigenvalue weighted by atomic mass is 16.5. The van der Waals surface area contributed by atoms with E-state index in [1.54, 1.807) is 7.11 Å². The molecule has 20 heavy (non-hydrogen) atoms. The standard InChI is InChI=1S/C16H30N2O2/c1-3-13-6-4-5-7-15(13)17-14-8-10-18(11-9-14)16(19)12-20-2/h13-15,17H,3-12H2,1-2H3. The van der Waals surface area contributed by atoms with Gasteiger partial charge in [0.1, 0.15) is 6.61 Å². The van der Waals surface area contributed by atoms with Gasteiger partial charge in [0, 0.05) is 32.3 Å². The number of methoxy groups -OCH3 is 1. The number of likely N-dealkylation sites (tertiary alicyclic amines) is 1. The smallest absolute Gasteiger partial charge is 0.248 e. The third kappa shape index (κ3) is 4.19. The molecule has 0 aromatic carbocycles. The van der Waals surface area contributed by atoms with Crippen LogP contribution in [-0.2, 0) is 9.53 Å². The fourth-order valence-electron chi connectivity index (χ4n) is 3.73. The fourth-order valence-corrected chi connectivity index (χ4v) is 3.73. The molecule has 2 unspecified atom stereocenters. The summed E-state index contributed by atoms with van der Waals surface area (Å²) in [5.74, 6) is 0.993. The number of hydrogen-bond donors (Lipinski definition) is 1. The van der Waals surface area contributed by atoms with E-state index in [-0.39, 0.29) is 12.5 Å². The number of carbonyl (C=O) groups is 1. The molecule has 2 atom stereocenters. The number of amides is 1. The van der Waals surface area contributed by atoms with Crippen LogP contribution in [0, 0.1) is 5.92 Å². The van der Waals surface area contributed by atoms with Crippen LogP contribution in [0.15, 0.2) is 0 Å². The van der Waals surface area contributed by atoms with Crippen LogP contribution in [0.5, 0.6) is 0 Å². The number of ether oxygens (including phenoxy) is 1. The van der Waals surface area contributed by atoms with E-state index in [2.05, 4.69) is 12.2 Å². The van der Waals surface area contributed by atoms with E-state index < -0.39 is 0 Å². The van der Waals surface area contributed by atoms with Gasteiger partial charge in [0.25, 0.3) is 0 Å². The van der Waals surface area contributed by atoms with Crippen molar-refractivity contribution in [3.63, 3.8) is 0 Å². The van der Waals surface area contributed by atoms with Gasteiger partial charge in [0.05, 0.1) is 0 Å². The highest BCUT2D eigenvalue weighted by Crippen LogP contribution is 2.28. The third-order valence-corrected chi connectivity index (χ3v) is 5.00. The van der Waals surface area contributed by atoms with E-state index in [1.807, 2.05) is 4.90 Å². The van der Waals surface area contributed by atoms with E-state index in [9.17, 15) is 4.79 Å². The summed E-state index contributed by atoms with van der Waals surface area (Å²) in [6.07, 6.45) is 8.97. The van der Waals surface area contributed by atoms with Crippen molar-refractivity contribution in [1.29, 1.82) is 0 Å². The highest BCUT2D eigenvalue weighted by molar-refractivity contribution is 5.77. The number of hydrogen-bond acceptors (Lipinski definition) is 3. The van der Waals surface area contributed by atoms with Crippen molar-refractivity contribution in [3.05, 3.63) is 0 Å². The van der Waals surface area contributed by atoms with Crippen molar-refractivity contribution in [2.45, 2.75) is 64.0 Å². The summed E-state index contributed by atoms with van der Waals surface area (Å²) in [6, 6.07) is 1.30. The highest BCUT2D eigenvalue weighted by Gasteiger charge is 2.28. The summed E-state index contributed by atoms with van der Waals surface area (Å²) in [4.78, 5) is 13.7. The zero-order valence-corrected chi connectivity index (χ0v) is 13.1. The van der Waals surface area contributed by atoms with Gasteiger partial charge < -0.3 is 15.0 Å². The molecule has 1 saturated heterocycles. The Balaban J connectivity index is 1.74. The molecule has 0 aromatic heterocycles. The van der Waals surface area contributed by atoms with Crippen LogP contribution >= 0.6 is 0 Å². The molecule has 4 heteroatoms. The van der Waals surface area contributed by atoms with Gasteiger partial charge in [0.2, 0.25) is 5.91 Å². The van der Waals surface area contributed by atoms with Gasteiger partial charge in [-0.15, -0.1) is 0 Å². The van der Waals surface area contributed by atoms with E-state index in [0.29, 0.717) is 12.1 Å². The van der Waals surface area contributed by atoms with Gasteiger partial charge in [0.15, 0.2) is 0 Å². The van der Waals surface area contributed by atoms with Gasteiger partial charge in [-0.25, -0.2) is 0 Å². The van der Waals surface area contributed by atoms with Crippen molar-refractivity contribution in [2.24, 2.45) is 5.92 Å². The predicted molar refractivity (Wildman–Crippen MR) is 80.7 cm³/mol. The van der Waals surface area contributed by atoms with E-state index in [1.165, 1.54) is 32.1 Å². The Bertz CT molecular complexity index is 301. The van der Waals surface area contributed by atoms with Crippen molar-refractivity contribution in [1.82, 2.24) is 10.2 Å². The molecule has 2 aliphatic rings. The minimum absolute atomic E-state index is 0.134. The average Bonchev–Trinajstić information content (AvgIpc) is 2.49. The topological polar surface area (TPSA) is 41.6 Å². The Morgan fingerprint density at radius 1 is 1.20 bits per heavy atom. The van der Waals surface area contributed by atoms with Gasteiger partial charge in [-0.3, -0.25) is 4.79 Å². The summed E-state index contributed by atoms with van der Waals surface area (Å²) >= 11 is 0. The van der Waals surface area contributed by atoms with Crippen LogP contribution in [0.1, 0.15) is 51.9 Å². The molecule has 1 N–H and O–H groups in total. The first kappa shape index (κ1) is 15.8. The molecule has 0 spiro atoms. The molecule has 1 aliphatic carbocycles. The SMILES string of the molecule is CCC1CCCCC1NC1CCN(C(=O)COC)CC1. The molecule has 1 heterocycles. The largest absolute Gasteiger partial charge is 0.375 e. The molecule has 1 saturated carbocycles. The molecular formula is C16H30N2O2. The number of rotatable bonds is 5. The Morgan fingerprint density at radius 3 is 2.55 bits per heavy atom. The Labute approximate surface area is 123 Å². The van der Waals surface area contributed by atoms with Gasteiger partial charge in [-0.2, -0.15) is 0 Å². The maximum atomic E-state index is 11.8. The lowest BCUT2D eigenvalue weighted by molar-refractivity contribution is -0.136. The first-order chi connectivity index (χ1) is 9.74. The molecule has 0 radical (unpaired) electrons. The fraction of sp³-hybridized carbons (Fsp3) is 0.938. The normalized spacial score (nSPS) is 28.6. The summed E-state index contributed by atoms with van der Waals surface area (Å²) in [6.45, 7) is 4.29. The molecule has 1 aliphatic heterocycles. The van der Waals surface area contributed by atoms with Crippen LogP contribution in [0.25, 0.3) is 0 Å². The van der Waals surface area contributed by atoms with Gasteiger partial charge in [-0.05, 0) is 31.6 Å². The molecule has 4 nitrogen and oxygen atoms in total. The lowest BCUT2D eigenvalue weighted by Gasteiger charge is -2.38. The second-order valence-corrected chi connectivity index (χ2v) is 6.31. The minimum Gasteiger partial charge on any atom is -0.375 e. The van der Waals surface area contributed by atoms with Gasteiger partial charge in [-0.1, -0.05) is 26.2 Å². The molecule has 2 rings (SSSR count). The number of carbonyl (C=O) groups excluding carboxylic acids is 1. The molecule has 2 fully saturated rings. The number of nitrogens with one attached hydrogen (secondary N) is 1. The summed E-state index contributed by atoms with van der Waals surface area (Å²) in [7, 11) is 1.58. The zero-order chi connectivity index (χ0) is 14.4. The Hall–Kier alpha value is -0.610. The Kier molecular flexibility index (Phi) is 6.30. The zero-order valence-electron chi connectivity index (χ0n) is 13.1. The van der Waals surface area contributed by atoms with Gasteiger partial charge >= 0.3 is 0 Å². The maximum absolute atomic E-state index is 11.8. The number of piperidine rings is 1. The molecular weight excluding hydrogens is 252 g/mol. The first-order valence-electron chi connectivity index (χ1n) is 8.27. The second-order valence-electron chi connectivity index (χ2n) is 6.31. The average molecular weight is 282 g/mol. The van der Waals surface area contributed by atoms with Crippen LogP contribution in [-0.4, -0.2) is 49.7 Å². The molecule has 0 bridgehead atoms. The summed E-state index contributed by atoms with van der Waals surface area (Å²) < 4.78 is 4.93. The van der Waals surface area contributed by atoms with Crippen LogP contribution in [0.2, 0.25) is 0 Å². The molecule has 116 valence electrons. The lowest BCUT2D eigenvalue weighted by Crippen LogP contribution is -2.50. The Morgan fingerprint density at radius 2 is 1.90 bits per heavy atom. The number of nitrogens with zero attached hydrogens (tertiary/aromatic N) is 1. The van der Waals surface area contributed by atoms with Crippen LogP contribution < -0.4 is 5.32 Å². The molecule has 1 amide bonds. The van der Waals surface area contributed by atoms with Crippen molar-refractivity contribution < 1.29 is 9.53 Å². The van der Waals surface area contributed by atoms with Crippen molar-refractivity contribution >= 4 is 5.91 Å². The first-order valence-corrected chi connectivity index (χ1v) is 8.27. The second kappa shape index (κ2) is 7.99. The summed E-state index contributed by atoms with van der Waals surface area (Å²) in [5, 5.41) is 3.88. The van der Waals surface area contributed by atoms with E-state index in [4.69, 9.17) is 4.74 Å². The van der Waals surface area contributed by atoms with Crippen LogP contribution in [0.3, 0.4) is 0 Å². The van der Waals surface area contributed by atoms with Crippen molar-refractivity contribution in [2.75, 3.05) is 26.8 Å². The maximum Gasteiger partial charge on any atom is 0.248 e. The lowest BCUT2D eigenvalue weighted by atomic mass is 9.82.